The number of nitrogens with two attached hydrogens (primary N) is 1. The number of rotatable bonds is 5. The molecular formula is C19H22N4. The molecule has 3 rings (SSSR count). The van der Waals surface area contributed by atoms with Gasteiger partial charge in [0.15, 0.2) is 5.82 Å². The molecule has 0 atom stereocenters. The van der Waals surface area contributed by atoms with E-state index in [-0.39, 0.29) is 0 Å². The molecule has 0 saturated carbocycles. The molecule has 0 amide bonds. The van der Waals surface area contributed by atoms with Gasteiger partial charge in [-0.1, -0.05) is 60.7 Å². The quantitative estimate of drug-likeness (QED) is 0.784. The SMILES string of the molecule is Cc1nn(C)c(N(Cc2ccccc2)Cc2ccccc2)c1N. The van der Waals surface area contributed by atoms with Crippen LogP contribution in [0.4, 0.5) is 11.5 Å². The van der Waals surface area contributed by atoms with Crippen LogP contribution in [-0.2, 0) is 20.1 Å². The van der Waals surface area contributed by atoms with Gasteiger partial charge in [0.25, 0.3) is 0 Å². The van der Waals surface area contributed by atoms with Crippen molar-refractivity contribution in [2.24, 2.45) is 7.05 Å². The first-order valence-corrected chi connectivity index (χ1v) is 7.77. The summed E-state index contributed by atoms with van der Waals surface area (Å²) < 4.78 is 1.87. The lowest BCUT2D eigenvalue weighted by Gasteiger charge is -2.25. The number of anilines is 2. The zero-order chi connectivity index (χ0) is 16.2. The van der Waals surface area contributed by atoms with E-state index in [1.54, 1.807) is 0 Å². The smallest absolute Gasteiger partial charge is 0.151 e. The Morgan fingerprint density at radius 1 is 0.913 bits per heavy atom. The van der Waals surface area contributed by atoms with Crippen LogP contribution in [-0.4, -0.2) is 9.78 Å². The van der Waals surface area contributed by atoms with Gasteiger partial charge in [-0.05, 0) is 18.1 Å². The van der Waals surface area contributed by atoms with E-state index in [0.717, 1.165) is 30.3 Å². The molecule has 0 aliphatic heterocycles. The van der Waals surface area contributed by atoms with E-state index in [1.165, 1.54) is 11.1 Å². The van der Waals surface area contributed by atoms with Gasteiger partial charge < -0.3 is 10.6 Å². The largest absolute Gasteiger partial charge is 0.394 e. The third kappa shape index (κ3) is 3.37. The summed E-state index contributed by atoms with van der Waals surface area (Å²) in [7, 11) is 1.95. The molecule has 2 aromatic carbocycles. The van der Waals surface area contributed by atoms with E-state index in [2.05, 4.69) is 58.5 Å². The van der Waals surface area contributed by atoms with Crippen molar-refractivity contribution < 1.29 is 0 Å². The highest BCUT2D eigenvalue weighted by atomic mass is 15.4. The summed E-state index contributed by atoms with van der Waals surface area (Å²) in [6, 6.07) is 20.9. The molecule has 4 heteroatoms. The summed E-state index contributed by atoms with van der Waals surface area (Å²) >= 11 is 0. The minimum atomic E-state index is 0.749. The van der Waals surface area contributed by atoms with Crippen LogP contribution in [0.3, 0.4) is 0 Å². The number of hydrogen-bond donors (Lipinski definition) is 1. The van der Waals surface area contributed by atoms with Crippen molar-refractivity contribution in [2.45, 2.75) is 20.0 Å². The average molecular weight is 306 g/mol. The normalized spacial score (nSPS) is 10.7. The van der Waals surface area contributed by atoms with E-state index in [1.807, 2.05) is 30.8 Å². The van der Waals surface area contributed by atoms with Gasteiger partial charge in [0, 0.05) is 20.1 Å². The lowest BCUT2D eigenvalue weighted by molar-refractivity contribution is 0.694. The third-order valence-corrected chi connectivity index (χ3v) is 3.97. The molecule has 1 aromatic heterocycles. The third-order valence-electron chi connectivity index (χ3n) is 3.97. The van der Waals surface area contributed by atoms with Crippen molar-refractivity contribution in [3.63, 3.8) is 0 Å². The Morgan fingerprint density at radius 3 is 1.78 bits per heavy atom. The second-order valence-electron chi connectivity index (χ2n) is 5.77. The Balaban J connectivity index is 1.96. The van der Waals surface area contributed by atoms with Gasteiger partial charge in [-0.25, -0.2) is 0 Å². The van der Waals surface area contributed by atoms with E-state index < -0.39 is 0 Å². The molecule has 0 aliphatic rings. The standard InChI is InChI=1S/C19H22N4/c1-15-18(20)19(22(2)21-15)23(13-16-9-5-3-6-10-16)14-17-11-7-4-8-12-17/h3-12H,13-14,20H2,1-2H3. The molecule has 4 nitrogen and oxygen atoms in total. The van der Waals surface area contributed by atoms with Gasteiger partial charge >= 0.3 is 0 Å². The van der Waals surface area contributed by atoms with Crippen molar-refractivity contribution in [1.82, 2.24) is 9.78 Å². The molecule has 0 radical (unpaired) electrons. The van der Waals surface area contributed by atoms with Crippen LogP contribution < -0.4 is 10.6 Å². The molecule has 0 saturated heterocycles. The van der Waals surface area contributed by atoms with Crippen LogP contribution >= 0.6 is 0 Å². The van der Waals surface area contributed by atoms with Gasteiger partial charge in [0.2, 0.25) is 0 Å². The topological polar surface area (TPSA) is 47.1 Å². The predicted octanol–water partition coefficient (Wildman–Crippen LogP) is 3.52. The van der Waals surface area contributed by atoms with Gasteiger partial charge in [-0.15, -0.1) is 0 Å². The van der Waals surface area contributed by atoms with Gasteiger partial charge in [0.1, 0.15) is 0 Å². The first-order chi connectivity index (χ1) is 11.1. The zero-order valence-corrected chi connectivity index (χ0v) is 13.6. The summed E-state index contributed by atoms with van der Waals surface area (Å²) in [4.78, 5) is 2.28. The molecule has 0 aliphatic carbocycles. The van der Waals surface area contributed by atoms with E-state index in [9.17, 15) is 0 Å². The van der Waals surface area contributed by atoms with Crippen LogP contribution in [0.25, 0.3) is 0 Å². The van der Waals surface area contributed by atoms with Gasteiger partial charge in [0.05, 0.1) is 11.4 Å². The monoisotopic (exact) mass is 306 g/mol. The predicted molar refractivity (Wildman–Crippen MR) is 95.1 cm³/mol. The fraction of sp³-hybridized carbons (Fsp3) is 0.211. The van der Waals surface area contributed by atoms with Crippen molar-refractivity contribution in [1.29, 1.82) is 0 Å². The first kappa shape index (κ1) is 15.2. The van der Waals surface area contributed by atoms with Crippen molar-refractivity contribution in [3.05, 3.63) is 77.5 Å². The molecule has 118 valence electrons. The molecule has 1 heterocycles. The van der Waals surface area contributed by atoms with Crippen molar-refractivity contribution in [3.8, 4) is 0 Å². The summed E-state index contributed by atoms with van der Waals surface area (Å²) in [6.45, 7) is 3.53. The van der Waals surface area contributed by atoms with Crippen LogP contribution in [0.2, 0.25) is 0 Å². The van der Waals surface area contributed by atoms with Gasteiger partial charge in [-0.2, -0.15) is 5.10 Å². The van der Waals surface area contributed by atoms with E-state index >= 15 is 0 Å². The molecular weight excluding hydrogens is 284 g/mol. The summed E-state index contributed by atoms with van der Waals surface area (Å²) in [5.41, 5.74) is 10.4. The number of aromatic nitrogens is 2. The van der Waals surface area contributed by atoms with Crippen molar-refractivity contribution in [2.75, 3.05) is 10.6 Å². The Morgan fingerprint density at radius 2 is 1.39 bits per heavy atom. The lowest BCUT2D eigenvalue weighted by atomic mass is 10.1. The second-order valence-corrected chi connectivity index (χ2v) is 5.77. The van der Waals surface area contributed by atoms with Crippen LogP contribution in [0, 0.1) is 6.92 Å². The maximum absolute atomic E-state index is 6.29. The van der Waals surface area contributed by atoms with Crippen molar-refractivity contribution >= 4 is 11.5 Å². The Labute approximate surface area is 137 Å². The Kier molecular flexibility index (Phi) is 4.33. The van der Waals surface area contributed by atoms with Crippen LogP contribution in [0.15, 0.2) is 60.7 Å². The highest BCUT2D eigenvalue weighted by molar-refractivity contribution is 5.66. The number of nitrogens with zero attached hydrogens (tertiary/aromatic N) is 3. The second kappa shape index (κ2) is 6.57. The molecule has 0 spiro atoms. The lowest BCUT2D eigenvalue weighted by Crippen LogP contribution is -2.25. The van der Waals surface area contributed by atoms with Crippen LogP contribution in [0.1, 0.15) is 16.8 Å². The maximum Gasteiger partial charge on any atom is 0.151 e. The molecule has 3 aromatic rings. The average Bonchev–Trinajstić information content (AvgIpc) is 2.81. The van der Waals surface area contributed by atoms with Crippen LogP contribution in [0.5, 0.6) is 0 Å². The minimum absolute atomic E-state index is 0.749. The molecule has 23 heavy (non-hydrogen) atoms. The van der Waals surface area contributed by atoms with E-state index in [4.69, 9.17) is 5.73 Å². The number of hydrogen-bond acceptors (Lipinski definition) is 3. The minimum Gasteiger partial charge on any atom is -0.394 e. The summed E-state index contributed by atoms with van der Waals surface area (Å²) in [5, 5.41) is 4.46. The number of benzene rings is 2. The Bertz CT molecular complexity index is 721. The highest BCUT2D eigenvalue weighted by Crippen LogP contribution is 2.28. The fourth-order valence-corrected chi connectivity index (χ4v) is 2.85. The highest BCUT2D eigenvalue weighted by Gasteiger charge is 2.18. The Hall–Kier alpha value is -2.75. The summed E-state index contributed by atoms with van der Waals surface area (Å²) in [5.74, 6) is 0.968. The molecule has 2 N–H and O–H groups in total. The fourth-order valence-electron chi connectivity index (χ4n) is 2.85. The maximum atomic E-state index is 6.29. The molecule has 0 bridgehead atoms. The number of aryl methyl sites for hydroxylation is 2. The summed E-state index contributed by atoms with van der Waals surface area (Å²) in [6.07, 6.45) is 0. The van der Waals surface area contributed by atoms with E-state index in [0.29, 0.717) is 0 Å². The number of nitrogen functional groups attached to an aromatic ring is 1. The molecule has 0 fully saturated rings. The zero-order valence-electron chi connectivity index (χ0n) is 13.6. The van der Waals surface area contributed by atoms with Gasteiger partial charge in [-0.3, -0.25) is 4.68 Å². The first-order valence-electron chi connectivity index (χ1n) is 7.77. The molecule has 0 unspecified atom stereocenters.